The Bertz CT molecular complexity index is 1090. The second-order valence-electron chi connectivity index (χ2n) is 6.68. The van der Waals surface area contributed by atoms with E-state index in [1.165, 1.54) is 0 Å². The maximum Gasteiger partial charge on any atom is 0.341 e. The summed E-state index contributed by atoms with van der Waals surface area (Å²) in [4.78, 5) is 17.1. The molecule has 5 nitrogen and oxygen atoms in total. The Balaban J connectivity index is 2.19. The Labute approximate surface area is 178 Å². The van der Waals surface area contributed by atoms with Gasteiger partial charge in [-0.3, -0.25) is 4.98 Å². The molecule has 0 aliphatic rings. The highest BCUT2D eigenvalue weighted by atomic mass is 79.9. The van der Waals surface area contributed by atoms with Gasteiger partial charge in [0.05, 0.1) is 29.4 Å². The first-order valence-electron chi connectivity index (χ1n) is 9.53. The smallest absolute Gasteiger partial charge is 0.341 e. The van der Waals surface area contributed by atoms with Gasteiger partial charge in [-0.05, 0) is 55.7 Å². The van der Waals surface area contributed by atoms with Gasteiger partial charge in [0.15, 0.2) is 0 Å². The van der Waals surface area contributed by atoms with E-state index in [-0.39, 0.29) is 12.6 Å². The van der Waals surface area contributed by atoms with Crippen molar-refractivity contribution in [1.29, 1.82) is 5.26 Å². The maximum absolute atomic E-state index is 12.6. The van der Waals surface area contributed by atoms with Gasteiger partial charge in [-0.1, -0.05) is 35.0 Å². The number of pyridine rings is 1. The number of aromatic nitrogens is 1. The third-order valence-electron chi connectivity index (χ3n) is 4.79. The summed E-state index contributed by atoms with van der Waals surface area (Å²) < 4.78 is 6.24. The lowest BCUT2D eigenvalue weighted by molar-refractivity contribution is 0.0527. The van der Waals surface area contributed by atoms with Crippen LogP contribution in [-0.2, 0) is 11.2 Å². The van der Waals surface area contributed by atoms with Crippen LogP contribution in [0.1, 0.15) is 53.9 Å². The molecule has 1 atom stereocenters. The molecule has 6 heteroatoms. The van der Waals surface area contributed by atoms with Crippen molar-refractivity contribution in [3.8, 4) is 6.07 Å². The average molecular weight is 452 g/mol. The number of rotatable bonds is 6. The summed E-state index contributed by atoms with van der Waals surface area (Å²) in [5.74, 6) is -0.437. The fraction of sp³-hybridized carbons (Fsp3) is 0.261. The molecule has 0 saturated carbocycles. The van der Waals surface area contributed by atoms with Crippen molar-refractivity contribution in [3.05, 3.63) is 69.3 Å². The topological polar surface area (TPSA) is 75.0 Å². The fourth-order valence-corrected chi connectivity index (χ4v) is 3.55. The standard InChI is InChI=1S/C23H22BrN3O2/c1-4-16-10-15(12-25)11-19-21(16)26-13-20(23(28)29-5-2)22(19)27-14(3)17-6-8-18(24)9-7-17/h6-11,13-14H,4-5H2,1-3H3,(H,26,27)/t14-/m1/s1. The summed E-state index contributed by atoms with van der Waals surface area (Å²) in [7, 11) is 0. The number of nitrogens with one attached hydrogen (secondary N) is 1. The predicted octanol–water partition coefficient (Wildman–Crippen LogP) is 5.78. The SMILES string of the molecule is CCOC(=O)c1cnc2c(CC)cc(C#N)cc2c1N[C@H](C)c1ccc(Br)cc1. The Kier molecular flexibility index (Phi) is 6.50. The van der Waals surface area contributed by atoms with E-state index in [1.54, 1.807) is 19.2 Å². The number of fused-ring (bicyclic) bond motifs is 1. The van der Waals surface area contributed by atoms with Crippen molar-refractivity contribution in [3.63, 3.8) is 0 Å². The number of carbonyl (C=O) groups is 1. The first kappa shape index (κ1) is 20.8. The molecule has 1 aromatic heterocycles. The van der Waals surface area contributed by atoms with E-state index in [0.29, 0.717) is 16.8 Å². The monoisotopic (exact) mass is 451 g/mol. The Morgan fingerprint density at radius 3 is 2.62 bits per heavy atom. The number of nitriles is 1. The van der Waals surface area contributed by atoms with E-state index < -0.39 is 5.97 Å². The van der Waals surface area contributed by atoms with Crippen LogP contribution in [0.3, 0.4) is 0 Å². The van der Waals surface area contributed by atoms with Crippen molar-refractivity contribution in [2.24, 2.45) is 0 Å². The third-order valence-corrected chi connectivity index (χ3v) is 5.32. The summed E-state index contributed by atoms with van der Waals surface area (Å²) in [6, 6.07) is 13.8. The van der Waals surface area contributed by atoms with Crippen LogP contribution in [0.2, 0.25) is 0 Å². The van der Waals surface area contributed by atoms with Gasteiger partial charge in [-0.25, -0.2) is 4.79 Å². The second kappa shape index (κ2) is 9.06. The van der Waals surface area contributed by atoms with Gasteiger partial charge >= 0.3 is 5.97 Å². The number of nitrogens with zero attached hydrogens (tertiary/aromatic N) is 2. The molecule has 0 spiro atoms. The molecule has 3 rings (SSSR count). The summed E-state index contributed by atoms with van der Waals surface area (Å²) in [5, 5.41) is 13.7. The third kappa shape index (κ3) is 4.41. The van der Waals surface area contributed by atoms with E-state index in [0.717, 1.165) is 32.9 Å². The minimum Gasteiger partial charge on any atom is -0.462 e. The molecule has 1 heterocycles. The molecule has 2 aromatic carbocycles. The molecule has 0 unspecified atom stereocenters. The van der Waals surface area contributed by atoms with Crippen LogP contribution in [0, 0.1) is 11.3 Å². The van der Waals surface area contributed by atoms with Crippen LogP contribution >= 0.6 is 15.9 Å². The highest BCUT2D eigenvalue weighted by molar-refractivity contribution is 9.10. The van der Waals surface area contributed by atoms with E-state index in [1.807, 2.05) is 44.2 Å². The number of aryl methyl sites for hydroxylation is 1. The molecule has 0 aliphatic heterocycles. The molecule has 0 aliphatic carbocycles. The first-order valence-corrected chi connectivity index (χ1v) is 10.3. The number of benzene rings is 2. The molecule has 0 bridgehead atoms. The van der Waals surface area contributed by atoms with E-state index in [2.05, 4.69) is 32.3 Å². The molecule has 148 valence electrons. The van der Waals surface area contributed by atoms with Gasteiger partial charge in [0, 0.05) is 22.1 Å². The molecular weight excluding hydrogens is 430 g/mol. The molecule has 29 heavy (non-hydrogen) atoms. The number of hydrogen-bond donors (Lipinski definition) is 1. The minimum atomic E-state index is -0.437. The van der Waals surface area contributed by atoms with Gasteiger partial charge in [0.2, 0.25) is 0 Å². The molecule has 0 radical (unpaired) electrons. The second-order valence-corrected chi connectivity index (χ2v) is 7.60. The average Bonchev–Trinajstić information content (AvgIpc) is 2.73. The first-order chi connectivity index (χ1) is 14.0. The zero-order valence-electron chi connectivity index (χ0n) is 16.6. The zero-order valence-corrected chi connectivity index (χ0v) is 18.2. The van der Waals surface area contributed by atoms with Crippen LogP contribution in [0.15, 0.2) is 47.1 Å². The van der Waals surface area contributed by atoms with Crippen molar-refractivity contribution in [2.45, 2.75) is 33.2 Å². The Morgan fingerprint density at radius 1 is 1.28 bits per heavy atom. The van der Waals surface area contributed by atoms with Crippen LogP contribution in [-0.4, -0.2) is 17.6 Å². The number of ether oxygens (including phenoxy) is 1. The van der Waals surface area contributed by atoms with E-state index in [4.69, 9.17) is 4.74 Å². The zero-order chi connectivity index (χ0) is 21.0. The molecular formula is C23H22BrN3O2. The van der Waals surface area contributed by atoms with Gasteiger partial charge in [-0.15, -0.1) is 0 Å². The van der Waals surface area contributed by atoms with Gasteiger partial charge in [-0.2, -0.15) is 5.26 Å². The van der Waals surface area contributed by atoms with Crippen molar-refractivity contribution in [2.75, 3.05) is 11.9 Å². The number of anilines is 1. The maximum atomic E-state index is 12.6. The largest absolute Gasteiger partial charge is 0.462 e. The predicted molar refractivity (Wildman–Crippen MR) is 118 cm³/mol. The van der Waals surface area contributed by atoms with Crippen LogP contribution in [0.25, 0.3) is 10.9 Å². The number of hydrogen-bond acceptors (Lipinski definition) is 5. The lowest BCUT2D eigenvalue weighted by Crippen LogP contribution is -2.14. The van der Waals surface area contributed by atoms with Crippen LogP contribution < -0.4 is 5.32 Å². The van der Waals surface area contributed by atoms with Gasteiger partial charge in [0.1, 0.15) is 5.56 Å². The number of halogens is 1. The summed E-state index contributed by atoms with van der Waals surface area (Å²) in [5.41, 5.74) is 4.35. The highest BCUT2D eigenvalue weighted by Gasteiger charge is 2.20. The van der Waals surface area contributed by atoms with Gasteiger partial charge < -0.3 is 10.1 Å². The normalized spacial score (nSPS) is 11.7. The lowest BCUT2D eigenvalue weighted by atomic mass is 9.99. The highest BCUT2D eigenvalue weighted by Crippen LogP contribution is 2.33. The summed E-state index contributed by atoms with van der Waals surface area (Å²) in [6.07, 6.45) is 2.29. The van der Waals surface area contributed by atoms with Crippen LogP contribution in [0.4, 0.5) is 5.69 Å². The van der Waals surface area contributed by atoms with Crippen LogP contribution in [0.5, 0.6) is 0 Å². The minimum absolute atomic E-state index is 0.0716. The molecule has 0 saturated heterocycles. The van der Waals surface area contributed by atoms with E-state index in [9.17, 15) is 10.1 Å². The molecule has 3 aromatic rings. The quantitative estimate of drug-likeness (QED) is 0.480. The number of carbonyl (C=O) groups excluding carboxylic acids is 1. The Hall–Kier alpha value is -2.91. The Morgan fingerprint density at radius 2 is 2.00 bits per heavy atom. The summed E-state index contributed by atoms with van der Waals surface area (Å²) >= 11 is 3.45. The molecule has 0 amide bonds. The molecule has 1 N–H and O–H groups in total. The van der Waals surface area contributed by atoms with Crippen molar-refractivity contribution < 1.29 is 9.53 Å². The van der Waals surface area contributed by atoms with Gasteiger partial charge in [0.25, 0.3) is 0 Å². The summed E-state index contributed by atoms with van der Waals surface area (Å²) in [6.45, 7) is 6.09. The number of esters is 1. The lowest BCUT2D eigenvalue weighted by Gasteiger charge is -2.20. The fourth-order valence-electron chi connectivity index (χ4n) is 3.28. The van der Waals surface area contributed by atoms with Crippen molar-refractivity contribution in [1.82, 2.24) is 4.98 Å². The van der Waals surface area contributed by atoms with E-state index >= 15 is 0 Å². The van der Waals surface area contributed by atoms with Crippen molar-refractivity contribution >= 4 is 38.5 Å². The molecule has 0 fully saturated rings.